The fourth-order valence-electron chi connectivity index (χ4n) is 9.08. The fourth-order valence-corrected chi connectivity index (χ4v) is 9.08. The van der Waals surface area contributed by atoms with Crippen molar-refractivity contribution >= 4 is 82.7 Å². The van der Waals surface area contributed by atoms with Gasteiger partial charge in [0.25, 0.3) is 0 Å². The molecule has 12 rings (SSSR count). The highest BCUT2D eigenvalue weighted by molar-refractivity contribution is 6.18. The highest BCUT2D eigenvalue weighted by Crippen LogP contribution is 2.49. The number of rotatable bonds is 6. The van der Waals surface area contributed by atoms with Crippen molar-refractivity contribution in [2.45, 2.75) is 0 Å². The van der Waals surface area contributed by atoms with Crippen LogP contribution in [-0.4, -0.2) is 4.57 Å². The molecule has 4 heteroatoms. The maximum Gasteiger partial charge on any atom is 0.143 e. The third-order valence-corrected chi connectivity index (χ3v) is 11.6. The van der Waals surface area contributed by atoms with E-state index >= 15 is 0 Å². The zero-order chi connectivity index (χ0) is 38.2. The van der Waals surface area contributed by atoms with Gasteiger partial charge < -0.3 is 18.3 Å². The summed E-state index contributed by atoms with van der Waals surface area (Å²) in [6.07, 6.45) is 0. The average Bonchev–Trinajstić information content (AvgIpc) is 3.97. The Morgan fingerprint density at radius 2 is 0.914 bits per heavy atom. The Hall–Kier alpha value is -7.82. The van der Waals surface area contributed by atoms with E-state index in [4.69, 9.17) is 8.83 Å². The van der Waals surface area contributed by atoms with Gasteiger partial charge in [-0.25, -0.2) is 0 Å². The van der Waals surface area contributed by atoms with Crippen LogP contribution in [0.2, 0.25) is 0 Å². The molecule has 12 aromatic rings. The Labute approximate surface area is 334 Å². The molecule has 0 N–H and O–H groups in total. The molecule has 0 aliphatic rings. The van der Waals surface area contributed by atoms with E-state index in [0.29, 0.717) is 0 Å². The number of anilines is 3. The van der Waals surface area contributed by atoms with E-state index in [0.717, 1.165) is 99.9 Å². The van der Waals surface area contributed by atoms with Crippen LogP contribution in [0.3, 0.4) is 0 Å². The lowest BCUT2D eigenvalue weighted by atomic mass is 9.94. The molecule has 0 fully saturated rings. The summed E-state index contributed by atoms with van der Waals surface area (Å²) in [5.41, 5.74) is 14.2. The summed E-state index contributed by atoms with van der Waals surface area (Å²) in [6, 6.07) is 73.2. The maximum absolute atomic E-state index is 6.78. The number of fused-ring (bicyclic) bond motifs is 9. The Bertz CT molecular complexity index is 3520. The molecule has 0 spiro atoms. The SMILES string of the molecule is c1ccc(N(c2ccc(-c3cccc4c3oc3ccccc34)cc2-c2cccc3c2oc2ccccc23)c2cccc3c2c2ccccc2n3-c2ccccc2)cc1. The zero-order valence-electron chi connectivity index (χ0n) is 31.3. The summed E-state index contributed by atoms with van der Waals surface area (Å²) in [6.45, 7) is 0. The highest BCUT2D eigenvalue weighted by atomic mass is 16.3. The van der Waals surface area contributed by atoms with Crippen molar-refractivity contribution in [3.05, 3.63) is 206 Å². The van der Waals surface area contributed by atoms with Gasteiger partial charge in [-0.1, -0.05) is 140 Å². The molecule has 0 aliphatic heterocycles. The van der Waals surface area contributed by atoms with Gasteiger partial charge in [-0.2, -0.15) is 0 Å². The van der Waals surface area contributed by atoms with Crippen LogP contribution in [0.4, 0.5) is 17.1 Å². The topological polar surface area (TPSA) is 34.5 Å². The Kier molecular flexibility index (Phi) is 7.20. The van der Waals surface area contributed by atoms with Crippen molar-refractivity contribution in [1.82, 2.24) is 4.57 Å². The fraction of sp³-hybridized carbons (Fsp3) is 0. The van der Waals surface area contributed by atoms with E-state index in [1.54, 1.807) is 0 Å². The minimum absolute atomic E-state index is 0.857. The quantitative estimate of drug-likeness (QED) is 0.170. The van der Waals surface area contributed by atoms with Gasteiger partial charge in [-0.3, -0.25) is 0 Å². The van der Waals surface area contributed by atoms with Crippen molar-refractivity contribution in [3.8, 4) is 27.9 Å². The van der Waals surface area contributed by atoms with E-state index in [1.165, 1.54) is 10.8 Å². The number of furan rings is 2. The van der Waals surface area contributed by atoms with E-state index in [1.807, 2.05) is 18.2 Å². The number of hydrogen-bond donors (Lipinski definition) is 0. The summed E-state index contributed by atoms with van der Waals surface area (Å²) in [7, 11) is 0. The third kappa shape index (κ3) is 4.88. The molecule has 0 aliphatic carbocycles. The molecule has 0 bridgehead atoms. The van der Waals surface area contributed by atoms with E-state index < -0.39 is 0 Å². The van der Waals surface area contributed by atoms with Crippen molar-refractivity contribution < 1.29 is 8.83 Å². The Morgan fingerprint density at radius 1 is 0.362 bits per heavy atom. The minimum atomic E-state index is 0.857. The summed E-state index contributed by atoms with van der Waals surface area (Å²) in [4.78, 5) is 2.42. The first kappa shape index (κ1) is 32.4. The first-order valence-corrected chi connectivity index (χ1v) is 19.7. The molecule has 0 atom stereocenters. The largest absolute Gasteiger partial charge is 0.455 e. The van der Waals surface area contributed by atoms with Crippen molar-refractivity contribution in [3.63, 3.8) is 0 Å². The van der Waals surface area contributed by atoms with Gasteiger partial charge in [0.05, 0.1) is 22.4 Å². The van der Waals surface area contributed by atoms with Gasteiger partial charge in [-0.15, -0.1) is 0 Å². The maximum atomic E-state index is 6.78. The second-order valence-corrected chi connectivity index (χ2v) is 14.8. The molecule has 9 aromatic carbocycles. The van der Waals surface area contributed by atoms with Crippen LogP contribution in [0.15, 0.2) is 215 Å². The molecule has 0 amide bonds. The van der Waals surface area contributed by atoms with Gasteiger partial charge in [0, 0.05) is 60.4 Å². The monoisotopic (exact) mass is 742 g/mol. The van der Waals surface area contributed by atoms with Gasteiger partial charge in [0.2, 0.25) is 0 Å². The first-order chi connectivity index (χ1) is 28.8. The van der Waals surface area contributed by atoms with Gasteiger partial charge >= 0.3 is 0 Å². The number of nitrogens with zero attached hydrogens (tertiary/aromatic N) is 2. The smallest absolute Gasteiger partial charge is 0.143 e. The normalized spacial score (nSPS) is 11.8. The van der Waals surface area contributed by atoms with Crippen LogP contribution in [0.1, 0.15) is 0 Å². The lowest BCUT2D eigenvalue weighted by Gasteiger charge is -2.29. The van der Waals surface area contributed by atoms with Gasteiger partial charge in [0.1, 0.15) is 22.3 Å². The van der Waals surface area contributed by atoms with Crippen molar-refractivity contribution in [1.29, 1.82) is 0 Å². The minimum Gasteiger partial charge on any atom is -0.455 e. The molecule has 0 saturated carbocycles. The second kappa shape index (κ2) is 12.9. The average molecular weight is 743 g/mol. The predicted octanol–water partition coefficient (Wildman–Crippen LogP) is 15.4. The predicted molar refractivity (Wildman–Crippen MR) is 241 cm³/mol. The number of para-hydroxylation sites is 7. The summed E-state index contributed by atoms with van der Waals surface area (Å²) >= 11 is 0. The summed E-state index contributed by atoms with van der Waals surface area (Å²) in [5.74, 6) is 0. The van der Waals surface area contributed by atoms with Gasteiger partial charge in [0.15, 0.2) is 0 Å². The molecule has 0 unspecified atom stereocenters. The Morgan fingerprint density at radius 3 is 1.64 bits per heavy atom. The van der Waals surface area contributed by atoms with Crippen molar-refractivity contribution in [2.24, 2.45) is 0 Å². The van der Waals surface area contributed by atoms with E-state index in [2.05, 4.69) is 198 Å². The number of aromatic nitrogens is 1. The van der Waals surface area contributed by atoms with Crippen LogP contribution < -0.4 is 4.90 Å². The molecule has 272 valence electrons. The van der Waals surface area contributed by atoms with Crippen LogP contribution in [0.5, 0.6) is 0 Å². The Balaban J connectivity index is 1.18. The van der Waals surface area contributed by atoms with E-state index in [-0.39, 0.29) is 0 Å². The third-order valence-electron chi connectivity index (χ3n) is 11.6. The second-order valence-electron chi connectivity index (χ2n) is 14.8. The molecular weight excluding hydrogens is 709 g/mol. The van der Waals surface area contributed by atoms with Gasteiger partial charge in [-0.05, 0) is 72.3 Å². The lowest BCUT2D eigenvalue weighted by molar-refractivity contribution is 0.670. The summed E-state index contributed by atoms with van der Waals surface area (Å²) in [5, 5.41) is 6.76. The molecule has 58 heavy (non-hydrogen) atoms. The highest BCUT2D eigenvalue weighted by Gasteiger charge is 2.25. The number of benzene rings is 9. The van der Waals surface area contributed by atoms with Crippen LogP contribution in [-0.2, 0) is 0 Å². The zero-order valence-corrected chi connectivity index (χ0v) is 31.3. The molecular formula is C54H34N2O2. The molecule has 0 saturated heterocycles. The molecule has 4 nitrogen and oxygen atoms in total. The van der Waals surface area contributed by atoms with Crippen LogP contribution >= 0.6 is 0 Å². The standard InChI is InChI=1S/C54H34N2O2/c1-3-16-36(17-4-1)55-46-27-10-7-22-44(46)52-48(55)28-15-29-49(52)56(37-18-5-2-6-19-37)47-33-32-35(38-23-13-24-41-39-20-8-11-30-50(39)57-53(38)41)34-45(47)43-26-14-25-42-40-21-9-12-31-51(40)58-54(42)43/h1-34H. The van der Waals surface area contributed by atoms with Crippen molar-refractivity contribution in [2.75, 3.05) is 4.90 Å². The molecule has 0 radical (unpaired) electrons. The number of hydrogen-bond acceptors (Lipinski definition) is 3. The van der Waals surface area contributed by atoms with Crippen LogP contribution in [0, 0.1) is 0 Å². The van der Waals surface area contributed by atoms with Crippen LogP contribution in [0.25, 0.3) is 93.6 Å². The molecule has 3 aromatic heterocycles. The molecule has 3 heterocycles. The first-order valence-electron chi connectivity index (χ1n) is 19.7. The lowest BCUT2D eigenvalue weighted by Crippen LogP contribution is -2.12. The summed E-state index contributed by atoms with van der Waals surface area (Å²) < 4.78 is 15.8. The van der Waals surface area contributed by atoms with E-state index in [9.17, 15) is 0 Å².